The maximum atomic E-state index is 13.0. The lowest BCUT2D eigenvalue weighted by atomic mass is 9.72. The number of amides is 1. The van der Waals surface area contributed by atoms with Gasteiger partial charge in [0.05, 0.1) is 12.4 Å². The number of benzene rings is 2. The average molecular weight is 403 g/mol. The molecule has 9 heteroatoms. The van der Waals surface area contributed by atoms with E-state index in [4.69, 9.17) is 9.39 Å². The topological polar surface area (TPSA) is 84.9 Å². The van der Waals surface area contributed by atoms with Gasteiger partial charge in [0.15, 0.2) is 0 Å². The van der Waals surface area contributed by atoms with Crippen molar-refractivity contribution in [3.63, 3.8) is 0 Å². The van der Waals surface area contributed by atoms with Gasteiger partial charge >= 0.3 is 13.1 Å². The Morgan fingerprint density at radius 2 is 1.97 bits per heavy atom. The second kappa shape index (κ2) is 8.61. The molecule has 2 N–H and O–H groups in total. The highest BCUT2D eigenvalue weighted by Crippen LogP contribution is 2.31. The van der Waals surface area contributed by atoms with Crippen LogP contribution in [0.15, 0.2) is 48.5 Å². The van der Waals surface area contributed by atoms with E-state index in [0.717, 1.165) is 5.56 Å². The van der Waals surface area contributed by atoms with Crippen molar-refractivity contribution in [2.24, 2.45) is 0 Å². The van der Waals surface area contributed by atoms with Gasteiger partial charge < -0.3 is 19.7 Å². The molecule has 0 spiro atoms. The summed E-state index contributed by atoms with van der Waals surface area (Å²) in [5.41, 5.74) is 1.52. The van der Waals surface area contributed by atoms with Crippen molar-refractivity contribution in [3.05, 3.63) is 65.2 Å². The fraction of sp³-hybridized carbons (Fsp3) is 0.300. The maximum Gasteiger partial charge on any atom is 0.547 e. The molecule has 1 heterocycles. The van der Waals surface area contributed by atoms with E-state index in [1.165, 1.54) is 6.07 Å². The van der Waals surface area contributed by atoms with Crippen molar-refractivity contribution < 1.29 is 32.8 Å². The van der Waals surface area contributed by atoms with Crippen molar-refractivity contribution in [1.29, 1.82) is 0 Å². The molecule has 2 aromatic carbocycles. The summed E-state index contributed by atoms with van der Waals surface area (Å²) >= 11 is 0. The summed E-state index contributed by atoms with van der Waals surface area (Å²) in [5, 5.41) is 12.6. The minimum absolute atomic E-state index is 0.0792. The largest absolute Gasteiger partial charge is 0.547 e. The van der Waals surface area contributed by atoms with Crippen molar-refractivity contribution >= 4 is 19.0 Å². The van der Waals surface area contributed by atoms with Crippen LogP contribution >= 0.6 is 0 Å². The highest BCUT2D eigenvalue weighted by Gasteiger charge is 2.39. The number of para-hydroxylation sites is 1. The molecule has 1 atom stereocenters. The summed E-state index contributed by atoms with van der Waals surface area (Å²) in [7, 11) is -1.49. The quantitative estimate of drug-likeness (QED) is 0.572. The Kier molecular flexibility index (Phi) is 6.17. The summed E-state index contributed by atoms with van der Waals surface area (Å²) in [4.78, 5) is 24.2. The molecule has 0 bridgehead atoms. The molecule has 29 heavy (non-hydrogen) atoms. The van der Waals surface area contributed by atoms with Gasteiger partial charge in [0, 0.05) is 0 Å². The van der Waals surface area contributed by atoms with Crippen molar-refractivity contribution in [2.45, 2.75) is 38.2 Å². The SMILES string of the molecule is CC(F)(F)CC(=O)N[C@H]1Cc2cccc(C(=O)OCc3ccccc3)c2OB1O. The van der Waals surface area contributed by atoms with Crippen LogP contribution in [0.25, 0.3) is 0 Å². The standard InChI is InChI=1S/C20H20BF2NO5/c1-20(22,23)11-17(25)24-16-10-14-8-5-9-15(18(14)29-21(16)27)19(26)28-12-13-6-3-2-4-7-13/h2-9,16,27H,10-12H2,1H3,(H,24,25)/t16-/m0/s1. The van der Waals surface area contributed by atoms with Crippen LogP contribution < -0.4 is 9.97 Å². The lowest BCUT2D eigenvalue weighted by molar-refractivity contribution is -0.127. The fourth-order valence-electron chi connectivity index (χ4n) is 3.05. The van der Waals surface area contributed by atoms with Gasteiger partial charge in [0.25, 0.3) is 5.92 Å². The second-order valence-electron chi connectivity index (χ2n) is 6.99. The van der Waals surface area contributed by atoms with Crippen LogP contribution in [0, 0.1) is 0 Å². The van der Waals surface area contributed by atoms with Gasteiger partial charge in [-0.2, -0.15) is 0 Å². The van der Waals surface area contributed by atoms with Crippen molar-refractivity contribution in [3.8, 4) is 5.75 Å². The Balaban J connectivity index is 1.69. The monoisotopic (exact) mass is 403 g/mol. The average Bonchev–Trinajstić information content (AvgIpc) is 2.65. The first kappa shape index (κ1) is 20.8. The molecular weight excluding hydrogens is 383 g/mol. The molecule has 1 aliphatic heterocycles. The number of rotatable bonds is 6. The Morgan fingerprint density at radius 1 is 1.24 bits per heavy atom. The molecule has 0 aliphatic carbocycles. The predicted molar refractivity (Wildman–Crippen MR) is 101 cm³/mol. The molecule has 6 nitrogen and oxygen atoms in total. The predicted octanol–water partition coefficient (Wildman–Crippen LogP) is 2.53. The van der Waals surface area contributed by atoms with Crippen molar-refractivity contribution in [1.82, 2.24) is 5.32 Å². The third-order valence-corrected chi connectivity index (χ3v) is 4.37. The van der Waals surface area contributed by atoms with E-state index in [-0.39, 0.29) is 24.3 Å². The molecule has 3 rings (SSSR count). The first-order chi connectivity index (χ1) is 13.7. The Hall–Kier alpha value is -2.94. The normalized spacial score (nSPS) is 15.9. The van der Waals surface area contributed by atoms with Crippen molar-refractivity contribution in [2.75, 3.05) is 0 Å². The summed E-state index contributed by atoms with van der Waals surface area (Å²) < 4.78 is 36.7. The van der Waals surface area contributed by atoms with E-state index < -0.39 is 37.3 Å². The molecule has 0 saturated carbocycles. The molecule has 2 aromatic rings. The highest BCUT2D eigenvalue weighted by molar-refractivity contribution is 6.47. The van der Waals surface area contributed by atoms with E-state index in [1.54, 1.807) is 12.1 Å². The number of ether oxygens (including phenoxy) is 1. The highest BCUT2D eigenvalue weighted by atomic mass is 19.3. The number of esters is 1. The van der Waals surface area contributed by atoms with Gasteiger partial charge in [-0.3, -0.25) is 4.79 Å². The zero-order chi connectivity index (χ0) is 21.0. The number of nitrogens with one attached hydrogen (secondary N) is 1. The van der Waals surface area contributed by atoms with Gasteiger partial charge in [-0.25, -0.2) is 13.6 Å². The van der Waals surface area contributed by atoms with E-state index in [0.29, 0.717) is 12.5 Å². The summed E-state index contributed by atoms with van der Waals surface area (Å²) in [6.45, 7) is 0.721. The molecule has 1 amide bonds. The summed E-state index contributed by atoms with van der Waals surface area (Å²) in [5.74, 6) is -5.42. The van der Waals surface area contributed by atoms with Crippen LogP contribution in [0.4, 0.5) is 8.78 Å². The molecule has 152 valence electrons. The van der Waals surface area contributed by atoms with Gasteiger partial charge in [0.1, 0.15) is 17.9 Å². The summed E-state index contributed by atoms with van der Waals surface area (Å²) in [6.07, 6.45) is -0.869. The van der Waals surface area contributed by atoms with Crippen LogP contribution in [-0.2, 0) is 22.6 Å². The molecule has 0 aromatic heterocycles. The van der Waals surface area contributed by atoms with E-state index in [9.17, 15) is 23.4 Å². The van der Waals surface area contributed by atoms with Gasteiger partial charge in [-0.15, -0.1) is 0 Å². The minimum atomic E-state index is -3.15. The number of carbonyl (C=O) groups excluding carboxylic acids is 2. The second-order valence-corrected chi connectivity index (χ2v) is 6.99. The molecule has 0 radical (unpaired) electrons. The zero-order valence-electron chi connectivity index (χ0n) is 15.7. The Labute approximate surface area is 167 Å². The molecular formula is C20H20BF2NO5. The van der Waals surface area contributed by atoms with Crippen LogP contribution in [-0.4, -0.2) is 35.9 Å². The summed E-state index contributed by atoms with van der Waals surface area (Å²) in [6, 6.07) is 14.0. The number of fused-ring (bicyclic) bond motifs is 1. The van der Waals surface area contributed by atoms with Gasteiger partial charge in [-0.05, 0) is 30.5 Å². The van der Waals surface area contributed by atoms with Crippen LogP contribution in [0.2, 0.25) is 0 Å². The molecule has 0 fully saturated rings. The van der Waals surface area contributed by atoms with E-state index in [1.807, 2.05) is 30.3 Å². The molecule has 0 unspecified atom stereocenters. The number of carbonyl (C=O) groups is 2. The lowest BCUT2D eigenvalue weighted by Gasteiger charge is -2.29. The maximum absolute atomic E-state index is 13.0. The minimum Gasteiger partial charge on any atom is -0.534 e. The third-order valence-electron chi connectivity index (χ3n) is 4.37. The smallest absolute Gasteiger partial charge is 0.534 e. The number of hydrogen-bond acceptors (Lipinski definition) is 5. The zero-order valence-corrected chi connectivity index (χ0v) is 15.7. The molecule has 1 aliphatic rings. The van der Waals surface area contributed by atoms with E-state index >= 15 is 0 Å². The number of hydrogen-bond donors (Lipinski definition) is 2. The third kappa shape index (κ3) is 5.54. The van der Waals surface area contributed by atoms with Gasteiger partial charge in [0.2, 0.25) is 5.91 Å². The number of alkyl halides is 2. The first-order valence-electron chi connectivity index (χ1n) is 9.08. The van der Waals surface area contributed by atoms with Crippen LogP contribution in [0.1, 0.15) is 34.8 Å². The van der Waals surface area contributed by atoms with Crippen LogP contribution in [0.5, 0.6) is 5.75 Å². The van der Waals surface area contributed by atoms with Crippen LogP contribution in [0.3, 0.4) is 0 Å². The Bertz CT molecular complexity index is 888. The lowest BCUT2D eigenvalue weighted by Crippen LogP contribution is -2.53. The fourth-order valence-corrected chi connectivity index (χ4v) is 3.05. The number of halogens is 2. The van der Waals surface area contributed by atoms with Gasteiger partial charge in [-0.1, -0.05) is 42.5 Å². The Morgan fingerprint density at radius 3 is 2.66 bits per heavy atom. The molecule has 0 saturated heterocycles. The van der Waals surface area contributed by atoms with E-state index in [2.05, 4.69) is 5.32 Å². The first-order valence-corrected chi connectivity index (χ1v) is 9.08.